The zero-order valence-corrected chi connectivity index (χ0v) is 54.5. The molecule has 1 aromatic heterocycles. The van der Waals surface area contributed by atoms with E-state index >= 15 is 0 Å². The number of phenols is 2. The summed E-state index contributed by atoms with van der Waals surface area (Å²) >= 11 is 0. The van der Waals surface area contributed by atoms with E-state index in [1.54, 1.807) is 33.9 Å². The third-order valence-electron chi connectivity index (χ3n) is 17.8. The Balaban J connectivity index is 0.865. The second-order valence-electron chi connectivity index (χ2n) is 25.6. The molecule has 30 heteroatoms. The molecule has 6 aromatic rings. The van der Waals surface area contributed by atoms with Crippen LogP contribution in [0.3, 0.4) is 0 Å². The van der Waals surface area contributed by atoms with Crippen molar-refractivity contribution in [2.45, 2.75) is 127 Å². The van der Waals surface area contributed by atoms with E-state index < -0.39 is 161 Å². The highest BCUT2D eigenvalue weighted by Gasteiger charge is 2.56. The number of fused-ring (bicyclic) bond motifs is 7. The number of nitrogens with zero attached hydrogens (tertiary/aromatic N) is 2. The Kier molecular flexibility index (Phi) is 20.6. The quantitative estimate of drug-likeness (QED) is 0.0289. The molecule has 14 N–H and O–H groups in total. The number of rotatable bonds is 25. The van der Waals surface area contributed by atoms with E-state index in [1.165, 1.54) is 64.4 Å². The van der Waals surface area contributed by atoms with Gasteiger partial charge in [0.15, 0.2) is 5.60 Å². The van der Waals surface area contributed by atoms with Crippen molar-refractivity contribution in [1.82, 2.24) is 41.4 Å². The van der Waals surface area contributed by atoms with Crippen LogP contribution in [0.1, 0.15) is 135 Å². The van der Waals surface area contributed by atoms with Gasteiger partial charge in [-0.3, -0.25) is 47.7 Å². The summed E-state index contributed by atoms with van der Waals surface area (Å²) in [6.07, 6.45) is 2.47. The Hall–Kier alpha value is -10.5. The van der Waals surface area contributed by atoms with Gasteiger partial charge in [0.05, 0.1) is 23.3 Å². The SMILES string of the molecule is CC(C)C[C@H](NC(=O)[C@H](Cc1ccc(C(=O)P(=O)(O)O)cc1)NC(=O)c1ccc2c(c1C(=O)O)C(=O)OC21c2ccc(O)cc2Oc2cc(O)ccc21)C(=O)N[C@@H](CO)C(=O)N[C@@H](CC(C)C)C(=O)N1CCC[C@H]1C(=O)N1CCC[C@H]1C(=O)N[C@@H](Cc1c[nH]c2ccccc12)C(N)=O. The smallest absolute Gasteiger partial charge is 0.396 e. The number of carboxylic acids is 1. The first-order valence-electron chi connectivity index (χ1n) is 31.8. The van der Waals surface area contributed by atoms with Gasteiger partial charge in [0.2, 0.25) is 41.4 Å². The number of hydrogen-bond donors (Lipinski definition) is 13. The van der Waals surface area contributed by atoms with Crippen molar-refractivity contribution in [2.24, 2.45) is 17.6 Å². The van der Waals surface area contributed by atoms with Crippen LogP contribution in [-0.4, -0.2) is 172 Å². The second kappa shape index (κ2) is 28.7. The van der Waals surface area contributed by atoms with Gasteiger partial charge >= 0.3 is 19.5 Å². The molecule has 8 amide bonds. The van der Waals surface area contributed by atoms with Gasteiger partial charge in [-0.1, -0.05) is 76.2 Å². The fourth-order valence-electron chi connectivity index (χ4n) is 13.2. The zero-order valence-electron chi connectivity index (χ0n) is 53.6. The largest absolute Gasteiger partial charge is 0.508 e. The van der Waals surface area contributed by atoms with Crippen LogP contribution < -0.4 is 37.1 Å². The number of ether oxygens (including phenoxy) is 2. The van der Waals surface area contributed by atoms with Crippen molar-refractivity contribution in [3.63, 3.8) is 0 Å². The fourth-order valence-corrected chi connectivity index (χ4v) is 13.7. The third-order valence-corrected chi connectivity index (χ3v) is 18.6. The van der Waals surface area contributed by atoms with E-state index in [-0.39, 0.29) is 96.4 Å². The number of aliphatic hydroxyl groups is 1. The number of amides is 8. The summed E-state index contributed by atoms with van der Waals surface area (Å²) in [6, 6.07) is 12.4. The molecule has 98 heavy (non-hydrogen) atoms. The van der Waals surface area contributed by atoms with E-state index in [4.69, 9.17) is 15.2 Å². The predicted octanol–water partition coefficient (Wildman–Crippen LogP) is 3.24. The van der Waals surface area contributed by atoms with Crippen LogP contribution in [0.2, 0.25) is 0 Å². The van der Waals surface area contributed by atoms with Gasteiger partial charge in [-0.05, 0) is 97.9 Å². The van der Waals surface area contributed by atoms with Crippen LogP contribution >= 0.6 is 7.60 Å². The molecular formula is C68H74N9O20P. The van der Waals surface area contributed by atoms with Gasteiger partial charge in [-0.2, -0.15) is 0 Å². The van der Waals surface area contributed by atoms with Gasteiger partial charge in [0, 0.05) is 77.4 Å². The number of likely N-dealkylation sites (tertiary alicyclic amines) is 2. The molecule has 1 spiro atoms. The van der Waals surface area contributed by atoms with Crippen molar-refractivity contribution >= 4 is 83.2 Å². The molecule has 0 bridgehead atoms. The van der Waals surface area contributed by atoms with Crippen molar-refractivity contribution in [3.8, 4) is 23.0 Å². The van der Waals surface area contributed by atoms with Crippen LogP contribution in [0.25, 0.3) is 10.9 Å². The number of nitrogens with two attached hydrogens (primary N) is 1. The predicted molar refractivity (Wildman–Crippen MR) is 347 cm³/mol. The molecular weight excluding hydrogens is 1290 g/mol. The minimum absolute atomic E-state index is 0.0244. The lowest BCUT2D eigenvalue weighted by Crippen LogP contribution is -2.60. The lowest BCUT2D eigenvalue weighted by atomic mass is 9.76. The van der Waals surface area contributed by atoms with E-state index in [9.17, 15) is 87.5 Å². The number of aromatic nitrogens is 1. The normalized spacial score (nSPS) is 17.5. The van der Waals surface area contributed by atoms with Crippen LogP contribution in [0.5, 0.6) is 23.0 Å². The Bertz CT molecular complexity index is 4210. The Morgan fingerprint density at radius 2 is 1.24 bits per heavy atom. The second-order valence-corrected chi connectivity index (χ2v) is 27.1. The first-order chi connectivity index (χ1) is 46.5. The summed E-state index contributed by atoms with van der Waals surface area (Å²) < 4.78 is 23.9. The monoisotopic (exact) mass is 1370 g/mol. The average molecular weight is 1370 g/mol. The number of carbonyl (C=O) groups is 11. The highest BCUT2D eigenvalue weighted by Crippen LogP contribution is 2.57. The number of carbonyl (C=O) groups excluding carboxylic acids is 10. The topological polar surface area (TPSA) is 453 Å². The number of primary amides is 1. The molecule has 29 nitrogen and oxygen atoms in total. The first-order valence-corrected chi connectivity index (χ1v) is 33.4. The standard InChI is InChI=1S/C68H74N9O20P/c1-33(2)25-47(59(83)75-50(32-78)61(85)74-49(26-34(3)4)63(87)77-24-8-12-52(77)64(88)76-23-7-11-51(76)62(86)71-46(57(69)81)28-37-31-70-45-10-6-5-9-40(37)45)73-60(84)48(27-35-13-15-36(16-14-35)67(92)98(93,94)95)72-58(82)41-19-22-44-56(55(41)65(89)90)66(91)97-68(44)42-20-17-38(79)29-53(42)96-54-30-39(80)18-21-43(54)68/h5-6,9-10,13-22,29-31,33-34,46-52,70,78-80H,7-8,11-12,23-28,32H2,1-4H3,(H2,69,81)(H,71,86)(H,72,82)(H,73,84)(H,74,85)(H,75,83)(H,89,90)(H2,93,94,95)/t46-,47-,48-,49-,50-,51-,52-/m0/s1. The van der Waals surface area contributed by atoms with Gasteiger partial charge in [-0.15, -0.1) is 0 Å². The van der Waals surface area contributed by atoms with Gasteiger partial charge in [-0.25, -0.2) is 9.59 Å². The summed E-state index contributed by atoms with van der Waals surface area (Å²) in [5.74, 6) is -11.2. The average Bonchev–Trinajstić information content (AvgIpc) is 1.46. The third kappa shape index (κ3) is 14.5. The number of phenolic OH excluding ortho intramolecular Hbond substituents is 2. The van der Waals surface area contributed by atoms with Crippen molar-refractivity contribution in [1.29, 1.82) is 0 Å². The van der Waals surface area contributed by atoms with Crippen LogP contribution in [-0.2, 0) is 61.3 Å². The molecule has 5 aromatic carbocycles. The zero-order chi connectivity index (χ0) is 70.8. The summed E-state index contributed by atoms with van der Waals surface area (Å²) in [7, 11) is -5.26. The van der Waals surface area contributed by atoms with Gasteiger partial charge in [0.25, 0.3) is 11.4 Å². The number of benzene rings is 5. The molecule has 7 atom stereocenters. The lowest BCUT2D eigenvalue weighted by molar-refractivity contribution is -0.148. The molecule has 0 aliphatic carbocycles. The minimum Gasteiger partial charge on any atom is -0.508 e. The van der Waals surface area contributed by atoms with E-state index in [2.05, 4.69) is 31.6 Å². The fraction of sp³-hybridized carbons (Fsp3) is 0.368. The number of carboxylic acid groups (broad SMARTS) is 1. The van der Waals surface area contributed by atoms with Gasteiger partial charge in [0.1, 0.15) is 65.3 Å². The molecule has 4 aliphatic heterocycles. The molecule has 5 heterocycles. The Labute approximate surface area is 560 Å². The molecule has 2 saturated heterocycles. The Morgan fingerprint density at radius 3 is 1.86 bits per heavy atom. The van der Waals surface area contributed by atoms with E-state index in [0.717, 1.165) is 34.7 Å². The summed E-state index contributed by atoms with van der Waals surface area (Å²) in [6.45, 7) is 6.18. The maximum absolute atomic E-state index is 14.8. The lowest BCUT2D eigenvalue weighted by Gasteiger charge is -2.36. The molecule has 0 unspecified atom stereocenters. The van der Waals surface area contributed by atoms with Crippen molar-refractivity contribution in [2.75, 3.05) is 19.7 Å². The Morgan fingerprint density at radius 1 is 0.673 bits per heavy atom. The molecule has 0 radical (unpaired) electrons. The summed E-state index contributed by atoms with van der Waals surface area (Å²) in [4.78, 5) is 180. The number of aromatic carboxylic acids is 1. The number of hydrogen-bond acceptors (Lipinski definition) is 17. The number of H-pyrrole nitrogens is 1. The number of aromatic hydroxyl groups is 2. The van der Waals surface area contributed by atoms with Crippen LogP contribution in [0.15, 0.2) is 103 Å². The van der Waals surface area contributed by atoms with Crippen LogP contribution in [0.4, 0.5) is 0 Å². The number of aromatic amines is 1. The molecule has 10 rings (SSSR count). The number of esters is 1. The van der Waals surface area contributed by atoms with Gasteiger partial charge < -0.3 is 86.8 Å². The number of para-hydroxylation sites is 1. The van der Waals surface area contributed by atoms with E-state index in [0.29, 0.717) is 12.8 Å². The summed E-state index contributed by atoms with van der Waals surface area (Å²) in [5, 5.41) is 56.2. The first kappa shape index (κ1) is 70.3. The molecule has 516 valence electrons. The minimum atomic E-state index is -5.26. The maximum atomic E-state index is 14.8. The molecule has 0 saturated carbocycles. The maximum Gasteiger partial charge on any atom is 0.396 e. The van der Waals surface area contributed by atoms with Crippen molar-refractivity contribution in [3.05, 3.63) is 153 Å². The van der Waals surface area contributed by atoms with Crippen molar-refractivity contribution < 1.29 is 97.0 Å². The summed E-state index contributed by atoms with van der Waals surface area (Å²) in [5.41, 5.74) is 1.64. The van der Waals surface area contributed by atoms with E-state index in [1.807, 2.05) is 24.3 Å². The number of nitrogens with one attached hydrogen (secondary N) is 6. The number of aliphatic hydroxyl groups excluding tert-OH is 1. The van der Waals surface area contributed by atoms with Crippen LogP contribution in [0, 0.1) is 11.8 Å². The molecule has 4 aliphatic rings. The highest BCUT2D eigenvalue weighted by atomic mass is 31.2. The highest BCUT2D eigenvalue weighted by molar-refractivity contribution is 7.70. The molecule has 2 fully saturated rings.